The highest BCUT2D eigenvalue weighted by molar-refractivity contribution is 8.14. The Morgan fingerprint density at radius 2 is 2.24 bits per heavy atom. The van der Waals surface area contributed by atoms with Crippen LogP contribution in [0.5, 0.6) is 5.75 Å². The number of hydrogen-bond acceptors (Lipinski definition) is 6. The number of benzene rings is 1. The number of Topliss-reactive ketones (excluding diaryl/α,β-unsaturated/α-hetero) is 1. The molecule has 1 aromatic carbocycles. The lowest BCUT2D eigenvalue weighted by Crippen LogP contribution is -2.17. The average molecular weight is 357 g/mol. The van der Waals surface area contributed by atoms with Gasteiger partial charge >= 0.3 is 0 Å². The van der Waals surface area contributed by atoms with Gasteiger partial charge in [-0.15, -0.1) is 11.8 Å². The van der Waals surface area contributed by atoms with Crippen LogP contribution in [0.1, 0.15) is 25.5 Å². The first-order chi connectivity index (χ1) is 12.2. The van der Waals surface area contributed by atoms with Gasteiger partial charge in [0.2, 0.25) is 0 Å². The minimum atomic E-state index is -0.212. The number of aromatic nitrogens is 1. The van der Waals surface area contributed by atoms with E-state index >= 15 is 0 Å². The third-order valence-corrected chi connectivity index (χ3v) is 5.16. The summed E-state index contributed by atoms with van der Waals surface area (Å²) in [6, 6.07) is 9.73. The van der Waals surface area contributed by atoms with E-state index in [2.05, 4.69) is 10.3 Å². The zero-order valence-electron chi connectivity index (χ0n) is 14.6. The fraction of sp³-hybridized carbons (Fsp3) is 0.421. The second-order valence-electron chi connectivity index (χ2n) is 5.94. The van der Waals surface area contributed by atoms with Crippen molar-refractivity contribution in [2.24, 2.45) is 4.99 Å². The molecule has 132 valence electrons. The van der Waals surface area contributed by atoms with E-state index in [4.69, 9.17) is 9.72 Å². The van der Waals surface area contributed by atoms with Crippen molar-refractivity contribution in [2.75, 3.05) is 26.0 Å². The Labute approximate surface area is 152 Å². The number of ether oxygens (including phenoxy) is 1. The molecule has 6 heteroatoms. The van der Waals surface area contributed by atoms with Crippen molar-refractivity contribution >= 4 is 33.5 Å². The molecule has 1 aliphatic rings. The van der Waals surface area contributed by atoms with Gasteiger partial charge in [-0.2, -0.15) is 0 Å². The maximum absolute atomic E-state index is 11.8. The summed E-state index contributed by atoms with van der Waals surface area (Å²) in [5, 5.41) is 5.01. The summed E-state index contributed by atoms with van der Waals surface area (Å²) < 4.78 is 5.77. The lowest BCUT2D eigenvalue weighted by Gasteiger charge is -2.08. The highest BCUT2D eigenvalue weighted by atomic mass is 32.2. The molecule has 0 spiro atoms. The quantitative estimate of drug-likeness (QED) is 0.736. The molecule has 3 rings (SSSR count). The molecule has 1 aromatic heterocycles. The lowest BCUT2D eigenvalue weighted by molar-refractivity contribution is -0.119. The summed E-state index contributed by atoms with van der Waals surface area (Å²) in [5.41, 5.74) is 1.75. The van der Waals surface area contributed by atoms with Gasteiger partial charge in [0.25, 0.3) is 0 Å². The van der Waals surface area contributed by atoms with Crippen molar-refractivity contribution in [2.45, 2.75) is 25.8 Å². The Morgan fingerprint density at radius 1 is 1.36 bits per heavy atom. The number of fused-ring (bicyclic) bond motifs is 1. The number of carbonyl (C=O) groups is 1. The molecule has 2 aromatic rings. The van der Waals surface area contributed by atoms with E-state index in [-0.39, 0.29) is 11.8 Å². The van der Waals surface area contributed by atoms with Crippen molar-refractivity contribution < 1.29 is 9.53 Å². The van der Waals surface area contributed by atoms with E-state index < -0.39 is 0 Å². The smallest absolute Gasteiger partial charge is 0.157 e. The molecule has 5 nitrogen and oxygen atoms in total. The monoisotopic (exact) mass is 357 g/mol. The maximum Gasteiger partial charge on any atom is 0.157 e. The standard InChI is InChI=1S/C19H23N3O2S/c1-3-18(23)17-12-25-19(22-17)16-7-5-13-11-14(6-8-15(13)21-16)24-10-4-9-20-2/h5-8,11,17,20H,3-4,9-10,12H2,1-2H3/t17-/m1/s1. The summed E-state index contributed by atoms with van der Waals surface area (Å²) in [6.45, 7) is 3.52. The Kier molecular flexibility index (Phi) is 6.04. The molecule has 0 aliphatic carbocycles. The molecular formula is C19H23N3O2S. The maximum atomic E-state index is 11.8. The molecule has 0 fully saturated rings. The van der Waals surface area contributed by atoms with E-state index in [1.165, 1.54) is 0 Å². The van der Waals surface area contributed by atoms with Gasteiger partial charge in [0.1, 0.15) is 16.8 Å². The first kappa shape index (κ1) is 17.9. The van der Waals surface area contributed by atoms with Crippen molar-refractivity contribution in [3.63, 3.8) is 0 Å². The third kappa shape index (κ3) is 4.38. The molecule has 0 bridgehead atoms. The number of aliphatic imine (C=N–C) groups is 1. The van der Waals surface area contributed by atoms with Crippen molar-refractivity contribution in [3.05, 3.63) is 36.0 Å². The SMILES string of the molecule is CCC(=O)[C@H]1CSC(c2ccc3cc(OCCCNC)ccc3n2)=N1. The second-order valence-corrected chi connectivity index (χ2v) is 6.95. The number of carbonyl (C=O) groups excluding carboxylic acids is 1. The van der Waals surface area contributed by atoms with Gasteiger partial charge in [-0.05, 0) is 44.3 Å². The highest BCUT2D eigenvalue weighted by Crippen LogP contribution is 2.26. The number of pyridine rings is 1. The van der Waals surface area contributed by atoms with Gasteiger partial charge in [0.05, 0.1) is 17.8 Å². The van der Waals surface area contributed by atoms with E-state index in [0.717, 1.165) is 46.1 Å². The number of nitrogens with zero attached hydrogens (tertiary/aromatic N) is 2. The van der Waals surface area contributed by atoms with Gasteiger partial charge in [0, 0.05) is 17.6 Å². The van der Waals surface area contributed by atoms with Crippen LogP contribution in [0.4, 0.5) is 0 Å². The van der Waals surface area contributed by atoms with E-state index in [1.54, 1.807) is 11.8 Å². The first-order valence-electron chi connectivity index (χ1n) is 8.63. The fourth-order valence-electron chi connectivity index (χ4n) is 2.67. The zero-order chi connectivity index (χ0) is 17.6. The summed E-state index contributed by atoms with van der Waals surface area (Å²) >= 11 is 1.61. The highest BCUT2D eigenvalue weighted by Gasteiger charge is 2.25. The lowest BCUT2D eigenvalue weighted by atomic mass is 10.2. The molecule has 1 N–H and O–H groups in total. The zero-order valence-corrected chi connectivity index (χ0v) is 15.4. The largest absolute Gasteiger partial charge is 0.494 e. The van der Waals surface area contributed by atoms with Crippen LogP contribution < -0.4 is 10.1 Å². The molecule has 1 atom stereocenters. The Balaban J connectivity index is 1.74. The van der Waals surface area contributed by atoms with Crippen LogP contribution in [-0.2, 0) is 4.79 Å². The predicted molar refractivity (Wildman–Crippen MR) is 104 cm³/mol. The van der Waals surface area contributed by atoms with Crippen LogP contribution in [-0.4, -0.2) is 47.8 Å². The van der Waals surface area contributed by atoms with E-state index in [1.807, 2.05) is 44.3 Å². The van der Waals surface area contributed by atoms with Gasteiger partial charge in [-0.3, -0.25) is 9.79 Å². The average Bonchev–Trinajstić information content (AvgIpc) is 3.14. The first-order valence-corrected chi connectivity index (χ1v) is 9.61. The molecule has 0 saturated carbocycles. The molecule has 0 saturated heterocycles. The molecule has 2 heterocycles. The molecular weight excluding hydrogens is 334 g/mol. The third-order valence-electron chi connectivity index (χ3n) is 4.09. The van der Waals surface area contributed by atoms with E-state index in [0.29, 0.717) is 13.0 Å². The van der Waals surface area contributed by atoms with Gasteiger partial charge < -0.3 is 10.1 Å². The number of hydrogen-bond donors (Lipinski definition) is 1. The molecule has 0 amide bonds. The summed E-state index contributed by atoms with van der Waals surface area (Å²) in [5.74, 6) is 1.78. The van der Waals surface area contributed by atoms with Crippen LogP contribution >= 0.6 is 11.8 Å². The topological polar surface area (TPSA) is 63.6 Å². The van der Waals surface area contributed by atoms with Crippen LogP contribution in [0.3, 0.4) is 0 Å². The van der Waals surface area contributed by atoms with Crippen LogP contribution in [0, 0.1) is 0 Å². The van der Waals surface area contributed by atoms with Crippen molar-refractivity contribution in [1.82, 2.24) is 10.3 Å². The molecule has 0 radical (unpaired) electrons. The molecule has 25 heavy (non-hydrogen) atoms. The number of ketones is 1. The second kappa shape index (κ2) is 8.45. The Hall–Kier alpha value is -1.92. The number of thioether (sulfide) groups is 1. The Bertz CT molecular complexity index is 791. The summed E-state index contributed by atoms with van der Waals surface area (Å²) in [6.07, 6.45) is 1.50. The normalized spacial score (nSPS) is 16.9. The fourth-order valence-corrected chi connectivity index (χ4v) is 3.71. The minimum absolute atomic E-state index is 0.198. The van der Waals surface area contributed by atoms with Gasteiger partial charge in [-0.1, -0.05) is 13.0 Å². The van der Waals surface area contributed by atoms with Gasteiger partial charge in [-0.25, -0.2) is 4.98 Å². The molecule has 1 aliphatic heterocycles. The summed E-state index contributed by atoms with van der Waals surface area (Å²) in [7, 11) is 1.94. The summed E-state index contributed by atoms with van der Waals surface area (Å²) in [4.78, 5) is 21.1. The minimum Gasteiger partial charge on any atom is -0.494 e. The van der Waals surface area contributed by atoms with Crippen LogP contribution in [0.2, 0.25) is 0 Å². The Morgan fingerprint density at radius 3 is 3.04 bits per heavy atom. The van der Waals surface area contributed by atoms with Crippen LogP contribution in [0.25, 0.3) is 10.9 Å². The number of nitrogens with one attached hydrogen (secondary N) is 1. The molecule has 0 unspecified atom stereocenters. The van der Waals surface area contributed by atoms with E-state index in [9.17, 15) is 4.79 Å². The number of rotatable bonds is 8. The predicted octanol–water partition coefficient (Wildman–Crippen LogP) is 3.06. The van der Waals surface area contributed by atoms with Crippen molar-refractivity contribution in [3.8, 4) is 5.75 Å². The van der Waals surface area contributed by atoms with Crippen LogP contribution in [0.15, 0.2) is 35.3 Å². The van der Waals surface area contributed by atoms with Crippen molar-refractivity contribution in [1.29, 1.82) is 0 Å². The van der Waals surface area contributed by atoms with Gasteiger partial charge in [0.15, 0.2) is 5.78 Å².